The van der Waals surface area contributed by atoms with Crippen LogP contribution in [-0.4, -0.2) is 39.2 Å². The Balaban J connectivity index is 1.47. The smallest absolute Gasteiger partial charge is 0.251 e. The third kappa shape index (κ3) is 3.68. The second-order valence-corrected chi connectivity index (χ2v) is 7.88. The number of carbonyl (C=O) groups excluding carboxylic acids is 1. The number of carbonyl (C=O) groups is 1. The van der Waals surface area contributed by atoms with E-state index in [1.807, 2.05) is 12.1 Å². The number of aromatic amines is 1. The Hall–Kier alpha value is -3.81. The van der Waals surface area contributed by atoms with Crippen LogP contribution in [0, 0.1) is 5.82 Å². The maximum Gasteiger partial charge on any atom is 0.251 e. The third-order valence-electron chi connectivity index (χ3n) is 5.83. The normalized spacial score (nSPS) is 14.1. The van der Waals surface area contributed by atoms with Crippen molar-refractivity contribution in [3.05, 3.63) is 60.0 Å². The Kier molecular flexibility index (Phi) is 5.26. The minimum absolute atomic E-state index is 0.0633. The number of hydrogen-bond donors (Lipinski definition) is 2. The lowest BCUT2D eigenvalue weighted by molar-refractivity contribution is 0.0938. The van der Waals surface area contributed by atoms with Crippen LogP contribution in [0.5, 0.6) is 5.75 Å². The van der Waals surface area contributed by atoms with Crippen LogP contribution in [-0.2, 0) is 0 Å². The molecule has 0 radical (unpaired) electrons. The summed E-state index contributed by atoms with van der Waals surface area (Å²) in [5.74, 6) is 0.0349. The Morgan fingerprint density at radius 2 is 1.94 bits per heavy atom. The molecule has 2 heterocycles. The van der Waals surface area contributed by atoms with Gasteiger partial charge in [-0.15, -0.1) is 0 Å². The molecule has 0 unspecified atom stereocenters. The number of hydrogen-bond acceptors (Lipinski definition) is 5. The van der Waals surface area contributed by atoms with Crippen molar-refractivity contribution in [3.63, 3.8) is 0 Å². The fourth-order valence-corrected chi connectivity index (χ4v) is 4.14. The molecule has 0 spiro atoms. The molecule has 162 valence electrons. The molecule has 1 aliphatic carbocycles. The number of nitrogens with zero attached hydrogens (tertiary/aromatic N) is 3. The van der Waals surface area contributed by atoms with Crippen LogP contribution in [0.1, 0.15) is 36.0 Å². The first-order valence-electron chi connectivity index (χ1n) is 10.6. The molecule has 1 amide bonds. The van der Waals surface area contributed by atoms with E-state index in [0.717, 1.165) is 18.4 Å². The largest absolute Gasteiger partial charge is 0.496 e. The van der Waals surface area contributed by atoms with E-state index >= 15 is 0 Å². The maximum atomic E-state index is 14.5. The van der Waals surface area contributed by atoms with Gasteiger partial charge in [-0.05, 0) is 37.1 Å². The standard InChI is InChI=1S/C24H22FN5O2/c1-32-19-8-4-7-17(25)20(19)23-26-13-18-22(28-23)21(30-29-18)14-9-11-15(12-10-14)24(31)27-16-5-2-3-6-16/h4,7-13,16H,2-3,5-6H2,1H3,(H,27,31)(H,29,30). The van der Waals surface area contributed by atoms with Crippen LogP contribution in [0.25, 0.3) is 33.7 Å². The second kappa shape index (κ2) is 8.37. The predicted octanol–water partition coefficient (Wildman–Crippen LogP) is 4.51. The molecule has 32 heavy (non-hydrogen) atoms. The molecule has 8 heteroatoms. The predicted molar refractivity (Wildman–Crippen MR) is 119 cm³/mol. The van der Waals surface area contributed by atoms with Gasteiger partial charge >= 0.3 is 0 Å². The van der Waals surface area contributed by atoms with E-state index in [1.165, 1.54) is 26.0 Å². The number of fused-ring (bicyclic) bond motifs is 1. The topological polar surface area (TPSA) is 92.8 Å². The van der Waals surface area contributed by atoms with Gasteiger partial charge in [-0.1, -0.05) is 31.0 Å². The highest BCUT2D eigenvalue weighted by Crippen LogP contribution is 2.32. The molecule has 1 saturated carbocycles. The number of aromatic nitrogens is 4. The number of ether oxygens (including phenoxy) is 1. The van der Waals surface area contributed by atoms with E-state index in [1.54, 1.807) is 30.5 Å². The Labute approximate surface area is 184 Å². The Bertz CT molecular complexity index is 1280. The van der Waals surface area contributed by atoms with Crippen molar-refractivity contribution in [3.8, 4) is 28.4 Å². The van der Waals surface area contributed by atoms with E-state index in [4.69, 9.17) is 4.74 Å². The number of rotatable bonds is 5. The van der Waals surface area contributed by atoms with Crippen LogP contribution < -0.4 is 10.1 Å². The summed E-state index contributed by atoms with van der Waals surface area (Å²) in [7, 11) is 1.48. The van der Waals surface area contributed by atoms with E-state index in [9.17, 15) is 9.18 Å². The Morgan fingerprint density at radius 3 is 2.69 bits per heavy atom. The molecule has 1 aliphatic rings. The molecule has 2 aromatic heterocycles. The van der Waals surface area contributed by atoms with Crippen LogP contribution in [0.15, 0.2) is 48.7 Å². The van der Waals surface area contributed by atoms with Crippen LogP contribution in [0.3, 0.4) is 0 Å². The summed E-state index contributed by atoms with van der Waals surface area (Å²) in [4.78, 5) is 21.4. The number of amides is 1. The molecule has 0 aliphatic heterocycles. The van der Waals surface area contributed by atoms with Crippen molar-refractivity contribution in [2.45, 2.75) is 31.7 Å². The van der Waals surface area contributed by atoms with E-state index in [0.29, 0.717) is 28.0 Å². The molecule has 7 nitrogen and oxygen atoms in total. The molecule has 2 N–H and O–H groups in total. The summed E-state index contributed by atoms with van der Waals surface area (Å²) in [5, 5.41) is 10.4. The summed E-state index contributed by atoms with van der Waals surface area (Å²) >= 11 is 0. The molecule has 0 bridgehead atoms. The average molecular weight is 431 g/mol. The van der Waals surface area contributed by atoms with Crippen LogP contribution in [0.2, 0.25) is 0 Å². The van der Waals surface area contributed by atoms with Crippen molar-refractivity contribution in [1.29, 1.82) is 0 Å². The number of nitrogens with one attached hydrogen (secondary N) is 2. The van der Waals surface area contributed by atoms with Crippen molar-refractivity contribution in [1.82, 2.24) is 25.5 Å². The van der Waals surface area contributed by atoms with Gasteiger partial charge in [0.15, 0.2) is 5.82 Å². The summed E-state index contributed by atoms with van der Waals surface area (Å²) in [6.07, 6.45) is 5.98. The van der Waals surface area contributed by atoms with Crippen molar-refractivity contribution < 1.29 is 13.9 Å². The molecule has 2 aromatic carbocycles. The van der Waals surface area contributed by atoms with Gasteiger partial charge in [-0.3, -0.25) is 9.89 Å². The van der Waals surface area contributed by atoms with Gasteiger partial charge in [-0.2, -0.15) is 5.10 Å². The zero-order valence-corrected chi connectivity index (χ0v) is 17.6. The highest BCUT2D eigenvalue weighted by molar-refractivity contribution is 5.96. The minimum atomic E-state index is -0.466. The van der Waals surface area contributed by atoms with Crippen molar-refractivity contribution >= 4 is 16.9 Å². The van der Waals surface area contributed by atoms with Crippen LogP contribution >= 0.6 is 0 Å². The fourth-order valence-electron chi connectivity index (χ4n) is 4.14. The Morgan fingerprint density at radius 1 is 1.16 bits per heavy atom. The van der Waals surface area contributed by atoms with Gasteiger partial charge in [0.25, 0.3) is 5.91 Å². The fraction of sp³-hybridized carbons (Fsp3) is 0.250. The van der Waals surface area contributed by atoms with Crippen molar-refractivity contribution in [2.75, 3.05) is 7.11 Å². The molecular weight excluding hydrogens is 409 g/mol. The number of methoxy groups -OCH3 is 1. The van der Waals surface area contributed by atoms with E-state index < -0.39 is 5.82 Å². The average Bonchev–Trinajstić information content (AvgIpc) is 3.48. The lowest BCUT2D eigenvalue weighted by atomic mass is 10.1. The zero-order valence-electron chi connectivity index (χ0n) is 17.6. The maximum absolute atomic E-state index is 14.5. The van der Waals surface area contributed by atoms with E-state index in [-0.39, 0.29) is 23.3 Å². The molecule has 1 fully saturated rings. The molecule has 0 saturated heterocycles. The minimum Gasteiger partial charge on any atom is -0.496 e. The summed E-state index contributed by atoms with van der Waals surface area (Å²) in [6.45, 7) is 0. The van der Waals surface area contributed by atoms with Gasteiger partial charge in [0.1, 0.15) is 28.3 Å². The SMILES string of the molecule is COc1cccc(F)c1-c1ncc2[nH]nc(-c3ccc(C(=O)NC4CCCC4)cc3)c2n1. The van der Waals surface area contributed by atoms with E-state index in [2.05, 4.69) is 25.5 Å². The number of halogens is 1. The molecule has 0 atom stereocenters. The lowest BCUT2D eigenvalue weighted by Crippen LogP contribution is -2.32. The molecule has 5 rings (SSSR count). The van der Waals surface area contributed by atoms with Gasteiger partial charge < -0.3 is 10.1 Å². The highest BCUT2D eigenvalue weighted by atomic mass is 19.1. The second-order valence-electron chi connectivity index (χ2n) is 7.88. The number of H-pyrrole nitrogens is 1. The first kappa shape index (κ1) is 20.1. The highest BCUT2D eigenvalue weighted by Gasteiger charge is 2.20. The summed E-state index contributed by atoms with van der Waals surface area (Å²) in [5.41, 5.74) is 3.38. The third-order valence-corrected chi connectivity index (χ3v) is 5.83. The monoisotopic (exact) mass is 431 g/mol. The van der Waals surface area contributed by atoms with Gasteiger partial charge in [-0.25, -0.2) is 14.4 Å². The summed E-state index contributed by atoms with van der Waals surface area (Å²) in [6, 6.07) is 12.1. The van der Waals surface area contributed by atoms with Gasteiger partial charge in [0.05, 0.1) is 18.9 Å². The number of benzene rings is 2. The summed E-state index contributed by atoms with van der Waals surface area (Å²) < 4.78 is 19.8. The van der Waals surface area contributed by atoms with Gasteiger partial charge in [0.2, 0.25) is 0 Å². The van der Waals surface area contributed by atoms with Crippen molar-refractivity contribution in [2.24, 2.45) is 0 Å². The first-order chi connectivity index (χ1) is 15.6. The quantitative estimate of drug-likeness (QED) is 0.485. The first-order valence-corrected chi connectivity index (χ1v) is 10.6. The van der Waals surface area contributed by atoms with Crippen LogP contribution in [0.4, 0.5) is 4.39 Å². The molecular formula is C24H22FN5O2. The molecule has 4 aromatic rings. The van der Waals surface area contributed by atoms with Gasteiger partial charge in [0, 0.05) is 17.2 Å². The lowest BCUT2D eigenvalue weighted by Gasteiger charge is -2.12. The zero-order chi connectivity index (χ0) is 22.1.